The van der Waals surface area contributed by atoms with Gasteiger partial charge in [-0.05, 0) is 24.5 Å². The molecule has 30 heavy (non-hydrogen) atoms. The van der Waals surface area contributed by atoms with E-state index in [4.69, 9.17) is 0 Å². The molecule has 4 aromatic rings. The van der Waals surface area contributed by atoms with Crippen LogP contribution in [0.15, 0.2) is 52.4 Å². The SMILES string of the molecule is CCCn1c(=O)c2[nH]c(Cc3cnccn3)nc2n(CCc2ccccc2F)c1=O. The van der Waals surface area contributed by atoms with Crippen molar-refractivity contribution in [1.82, 2.24) is 29.1 Å². The van der Waals surface area contributed by atoms with Crippen molar-refractivity contribution in [3.63, 3.8) is 0 Å². The number of H-pyrrole nitrogens is 1. The summed E-state index contributed by atoms with van der Waals surface area (Å²) in [4.78, 5) is 41.7. The number of benzene rings is 1. The number of imidazole rings is 1. The lowest BCUT2D eigenvalue weighted by molar-refractivity contribution is 0.549. The third-order valence-electron chi connectivity index (χ3n) is 4.89. The molecule has 9 heteroatoms. The highest BCUT2D eigenvalue weighted by Gasteiger charge is 2.18. The molecule has 154 valence electrons. The zero-order valence-corrected chi connectivity index (χ0v) is 16.5. The highest BCUT2D eigenvalue weighted by Crippen LogP contribution is 2.12. The molecule has 0 amide bonds. The molecule has 0 radical (unpaired) electrons. The summed E-state index contributed by atoms with van der Waals surface area (Å²) in [6.45, 7) is 2.40. The number of hydrogen-bond acceptors (Lipinski definition) is 5. The first-order valence-electron chi connectivity index (χ1n) is 9.79. The van der Waals surface area contributed by atoms with Crippen molar-refractivity contribution < 1.29 is 4.39 Å². The Morgan fingerprint density at radius 3 is 2.67 bits per heavy atom. The minimum absolute atomic E-state index is 0.204. The van der Waals surface area contributed by atoms with E-state index >= 15 is 0 Å². The Bertz CT molecular complexity index is 1290. The van der Waals surface area contributed by atoms with Crippen LogP contribution in [-0.4, -0.2) is 29.1 Å². The maximum atomic E-state index is 14.0. The van der Waals surface area contributed by atoms with Gasteiger partial charge in [-0.1, -0.05) is 25.1 Å². The second-order valence-electron chi connectivity index (χ2n) is 6.99. The van der Waals surface area contributed by atoms with E-state index in [-0.39, 0.29) is 23.5 Å². The van der Waals surface area contributed by atoms with Gasteiger partial charge < -0.3 is 4.98 Å². The van der Waals surface area contributed by atoms with Gasteiger partial charge in [-0.3, -0.25) is 23.9 Å². The van der Waals surface area contributed by atoms with Crippen LogP contribution in [0.25, 0.3) is 11.2 Å². The van der Waals surface area contributed by atoms with E-state index in [2.05, 4.69) is 19.9 Å². The van der Waals surface area contributed by atoms with Crippen LogP contribution in [0.5, 0.6) is 0 Å². The number of nitrogens with one attached hydrogen (secondary N) is 1. The Hall–Kier alpha value is -3.62. The molecular formula is C21H21FN6O2. The molecule has 0 unspecified atom stereocenters. The molecule has 0 atom stereocenters. The van der Waals surface area contributed by atoms with Crippen LogP contribution in [0.1, 0.15) is 30.4 Å². The molecule has 3 aromatic heterocycles. The Labute approximate surface area is 171 Å². The van der Waals surface area contributed by atoms with E-state index in [9.17, 15) is 14.0 Å². The van der Waals surface area contributed by atoms with Crippen LogP contribution in [0, 0.1) is 5.82 Å². The largest absolute Gasteiger partial charge is 0.336 e. The first kappa shape index (κ1) is 19.7. The molecule has 0 aliphatic heterocycles. The molecule has 0 aliphatic rings. The number of nitrogens with zero attached hydrogens (tertiary/aromatic N) is 5. The van der Waals surface area contributed by atoms with Crippen molar-refractivity contribution >= 4 is 11.2 Å². The third kappa shape index (κ3) is 3.78. The van der Waals surface area contributed by atoms with Gasteiger partial charge in [0.1, 0.15) is 17.2 Å². The molecule has 3 heterocycles. The van der Waals surface area contributed by atoms with Gasteiger partial charge in [0, 0.05) is 38.1 Å². The van der Waals surface area contributed by atoms with Crippen molar-refractivity contribution in [2.24, 2.45) is 0 Å². The average molecular weight is 408 g/mol. The normalized spacial score (nSPS) is 11.3. The number of fused-ring (bicyclic) bond motifs is 1. The van der Waals surface area contributed by atoms with Crippen LogP contribution in [0.3, 0.4) is 0 Å². The summed E-state index contributed by atoms with van der Waals surface area (Å²) < 4.78 is 16.7. The number of rotatable bonds is 7. The Morgan fingerprint density at radius 1 is 1.10 bits per heavy atom. The van der Waals surface area contributed by atoms with Crippen molar-refractivity contribution in [3.8, 4) is 0 Å². The van der Waals surface area contributed by atoms with Crippen molar-refractivity contribution in [1.29, 1.82) is 0 Å². The lowest BCUT2D eigenvalue weighted by atomic mass is 10.1. The van der Waals surface area contributed by atoms with E-state index in [1.165, 1.54) is 15.2 Å². The number of halogens is 1. The molecular weight excluding hydrogens is 387 g/mol. The molecule has 1 N–H and O–H groups in total. The molecule has 0 aliphatic carbocycles. The molecule has 1 aromatic carbocycles. The summed E-state index contributed by atoms with van der Waals surface area (Å²) in [5, 5.41) is 0. The van der Waals surface area contributed by atoms with Gasteiger partial charge in [0.2, 0.25) is 0 Å². The van der Waals surface area contributed by atoms with Crippen LogP contribution < -0.4 is 11.2 Å². The fourth-order valence-electron chi connectivity index (χ4n) is 3.45. The van der Waals surface area contributed by atoms with Gasteiger partial charge in [-0.2, -0.15) is 0 Å². The predicted molar refractivity (Wildman–Crippen MR) is 110 cm³/mol. The van der Waals surface area contributed by atoms with Crippen LogP contribution in [-0.2, 0) is 25.9 Å². The first-order chi connectivity index (χ1) is 14.6. The topological polar surface area (TPSA) is 98.5 Å². The highest BCUT2D eigenvalue weighted by molar-refractivity contribution is 5.70. The standard InChI is InChI=1S/C21H21FN6O2/c1-2-10-28-20(29)18-19(26-17(25-18)12-15-13-23-8-9-24-15)27(21(28)30)11-7-14-5-3-4-6-16(14)22/h3-6,8-9,13H,2,7,10-12H2,1H3,(H,25,26). The summed E-state index contributed by atoms with van der Waals surface area (Å²) in [7, 11) is 0. The predicted octanol–water partition coefficient (Wildman–Crippen LogP) is 2.06. The zero-order valence-electron chi connectivity index (χ0n) is 16.5. The maximum absolute atomic E-state index is 14.0. The average Bonchev–Trinajstić information content (AvgIpc) is 3.16. The fraction of sp³-hybridized carbons (Fsp3) is 0.286. The molecule has 0 saturated carbocycles. The van der Waals surface area contributed by atoms with Gasteiger partial charge in [0.25, 0.3) is 5.56 Å². The molecule has 0 bridgehead atoms. The maximum Gasteiger partial charge on any atom is 0.332 e. The summed E-state index contributed by atoms with van der Waals surface area (Å²) >= 11 is 0. The van der Waals surface area contributed by atoms with E-state index in [1.807, 2.05) is 6.92 Å². The lowest BCUT2D eigenvalue weighted by Gasteiger charge is -2.11. The van der Waals surface area contributed by atoms with Crippen LogP contribution in [0.2, 0.25) is 0 Å². The van der Waals surface area contributed by atoms with Gasteiger partial charge in [0.05, 0.1) is 5.69 Å². The molecule has 4 rings (SSSR count). The third-order valence-corrected chi connectivity index (χ3v) is 4.89. The summed E-state index contributed by atoms with van der Waals surface area (Å²) in [6.07, 6.45) is 6.06. The Balaban J connectivity index is 1.79. The highest BCUT2D eigenvalue weighted by atomic mass is 19.1. The van der Waals surface area contributed by atoms with E-state index < -0.39 is 11.2 Å². The number of aromatic nitrogens is 6. The van der Waals surface area contributed by atoms with Gasteiger partial charge in [-0.25, -0.2) is 14.2 Å². The molecule has 8 nitrogen and oxygen atoms in total. The van der Waals surface area contributed by atoms with E-state index in [1.54, 1.807) is 36.8 Å². The minimum Gasteiger partial charge on any atom is -0.336 e. The van der Waals surface area contributed by atoms with Crippen LogP contribution >= 0.6 is 0 Å². The quantitative estimate of drug-likeness (QED) is 0.505. The molecule has 0 saturated heterocycles. The second-order valence-corrected chi connectivity index (χ2v) is 6.99. The molecule has 0 spiro atoms. The minimum atomic E-state index is -0.441. The van der Waals surface area contributed by atoms with E-state index in [0.29, 0.717) is 42.9 Å². The van der Waals surface area contributed by atoms with Gasteiger partial charge in [0.15, 0.2) is 5.65 Å². The summed E-state index contributed by atoms with van der Waals surface area (Å²) in [5.74, 6) is 0.185. The fourth-order valence-corrected chi connectivity index (χ4v) is 3.45. The zero-order chi connectivity index (χ0) is 21.1. The summed E-state index contributed by atoms with van der Waals surface area (Å²) in [5.41, 5.74) is 0.870. The monoisotopic (exact) mass is 408 g/mol. The lowest BCUT2D eigenvalue weighted by Crippen LogP contribution is -2.40. The number of hydrogen-bond donors (Lipinski definition) is 1. The van der Waals surface area contributed by atoms with E-state index in [0.717, 1.165) is 0 Å². The summed E-state index contributed by atoms with van der Waals surface area (Å²) in [6, 6.07) is 6.45. The number of aryl methyl sites for hydroxylation is 2. The van der Waals surface area contributed by atoms with Crippen molar-refractivity contribution in [3.05, 3.63) is 86.6 Å². The van der Waals surface area contributed by atoms with Gasteiger partial charge >= 0.3 is 5.69 Å². The van der Waals surface area contributed by atoms with Crippen LogP contribution in [0.4, 0.5) is 4.39 Å². The molecule has 0 fully saturated rings. The second kappa shape index (κ2) is 8.40. The van der Waals surface area contributed by atoms with Crippen molar-refractivity contribution in [2.45, 2.75) is 39.3 Å². The van der Waals surface area contributed by atoms with Gasteiger partial charge in [-0.15, -0.1) is 0 Å². The number of aromatic amines is 1. The Kier molecular flexibility index (Phi) is 5.51. The smallest absolute Gasteiger partial charge is 0.332 e. The Morgan fingerprint density at radius 2 is 1.93 bits per heavy atom. The first-order valence-corrected chi connectivity index (χ1v) is 9.79. The van der Waals surface area contributed by atoms with Crippen molar-refractivity contribution in [2.75, 3.05) is 0 Å².